The third-order valence-electron chi connectivity index (χ3n) is 4.97. The molecule has 3 rings (SSSR count). The van der Waals surface area contributed by atoms with Crippen molar-refractivity contribution in [3.63, 3.8) is 0 Å². The van der Waals surface area contributed by atoms with E-state index in [1.54, 1.807) is 7.11 Å². The average Bonchev–Trinajstić information content (AvgIpc) is 3.14. The summed E-state index contributed by atoms with van der Waals surface area (Å²) in [6.07, 6.45) is 0.530. The lowest BCUT2D eigenvalue weighted by Crippen LogP contribution is -2.38. The highest BCUT2D eigenvalue weighted by atomic mass is 16.5. The zero-order valence-electron chi connectivity index (χ0n) is 14.5. The molecule has 3 atom stereocenters. The van der Waals surface area contributed by atoms with Gasteiger partial charge in [0.1, 0.15) is 5.76 Å². The Kier molecular flexibility index (Phi) is 5.86. The first-order valence-electron chi connectivity index (χ1n) is 8.63. The van der Waals surface area contributed by atoms with E-state index in [1.807, 2.05) is 13.0 Å². The van der Waals surface area contributed by atoms with Gasteiger partial charge in [0.25, 0.3) is 0 Å². The highest BCUT2D eigenvalue weighted by Gasteiger charge is 2.41. The summed E-state index contributed by atoms with van der Waals surface area (Å²) in [6, 6.07) is 1.99. The van der Waals surface area contributed by atoms with E-state index in [9.17, 15) is 4.79 Å². The number of ether oxygens (including phenoxy) is 2. The Bertz CT molecular complexity index is 548. The van der Waals surface area contributed by atoms with Crippen molar-refractivity contribution in [1.29, 1.82) is 0 Å². The van der Waals surface area contributed by atoms with Gasteiger partial charge in [-0.15, -0.1) is 0 Å². The molecule has 1 N–H and O–H groups in total. The summed E-state index contributed by atoms with van der Waals surface area (Å²) >= 11 is 0. The van der Waals surface area contributed by atoms with Gasteiger partial charge in [-0.3, -0.25) is 9.69 Å². The van der Waals surface area contributed by atoms with Gasteiger partial charge >= 0.3 is 0 Å². The number of hydrogen-bond donors (Lipinski definition) is 1. The van der Waals surface area contributed by atoms with E-state index in [2.05, 4.69) is 15.4 Å². The van der Waals surface area contributed by atoms with Crippen molar-refractivity contribution in [2.75, 3.05) is 46.6 Å². The summed E-state index contributed by atoms with van der Waals surface area (Å²) in [6.45, 7) is 7.28. The number of carbonyl (C=O) groups excluding carboxylic acids is 1. The largest absolute Gasteiger partial charge is 0.383 e. The zero-order valence-corrected chi connectivity index (χ0v) is 14.5. The molecule has 0 radical (unpaired) electrons. The van der Waals surface area contributed by atoms with Gasteiger partial charge in [0, 0.05) is 45.8 Å². The quantitative estimate of drug-likeness (QED) is 0.743. The van der Waals surface area contributed by atoms with Crippen LogP contribution in [0.3, 0.4) is 0 Å². The third kappa shape index (κ3) is 4.34. The van der Waals surface area contributed by atoms with Gasteiger partial charge in [-0.25, -0.2) is 0 Å². The molecule has 1 amide bonds. The van der Waals surface area contributed by atoms with Gasteiger partial charge in [-0.1, -0.05) is 5.16 Å². The molecule has 2 aliphatic heterocycles. The molecule has 3 heterocycles. The van der Waals surface area contributed by atoms with Crippen molar-refractivity contribution >= 4 is 5.91 Å². The average molecular weight is 337 g/mol. The minimum absolute atomic E-state index is 0.0897. The van der Waals surface area contributed by atoms with E-state index in [-0.39, 0.29) is 11.8 Å². The number of methoxy groups -OCH3 is 1. The molecule has 0 saturated carbocycles. The Morgan fingerprint density at radius 3 is 3.08 bits per heavy atom. The minimum atomic E-state index is 0.0897. The van der Waals surface area contributed by atoms with Crippen LogP contribution in [-0.2, 0) is 20.8 Å². The van der Waals surface area contributed by atoms with Crippen LogP contribution in [0, 0.1) is 24.7 Å². The summed E-state index contributed by atoms with van der Waals surface area (Å²) in [7, 11) is 1.63. The first-order valence-corrected chi connectivity index (χ1v) is 8.63. The Labute approximate surface area is 142 Å². The van der Waals surface area contributed by atoms with Gasteiger partial charge in [0.05, 0.1) is 25.5 Å². The van der Waals surface area contributed by atoms with Crippen LogP contribution in [0.5, 0.6) is 0 Å². The van der Waals surface area contributed by atoms with E-state index in [4.69, 9.17) is 14.0 Å². The molecule has 2 aliphatic rings. The molecular formula is C17H27N3O4. The van der Waals surface area contributed by atoms with Crippen molar-refractivity contribution in [1.82, 2.24) is 15.4 Å². The van der Waals surface area contributed by atoms with E-state index >= 15 is 0 Å². The molecule has 2 saturated heterocycles. The molecule has 1 aromatic heterocycles. The number of aryl methyl sites for hydroxylation is 1. The lowest BCUT2D eigenvalue weighted by Gasteiger charge is -2.32. The third-order valence-corrected chi connectivity index (χ3v) is 4.97. The van der Waals surface area contributed by atoms with E-state index in [0.717, 1.165) is 37.7 Å². The van der Waals surface area contributed by atoms with Crippen LogP contribution in [0.2, 0.25) is 0 Å². The smallest absolute Gasteiger partial charge is 0.220 e. The van der Waals surface area contributed by atoms with Crippen LogP contribution < -0.4 is 5.32 Å². The summed E-state index contributed by atoms with van der Waals surface area (Å²) in [4.78, 5) is 14.5. The molecule has 0 bridgehead atoms. The van der Waals surface area contributed by atoms with Gasteiger partial charge in [0.2, 0.25) is 5.91 Å². The number of likely N-dealkylation sites (tertiary alicyclic amines) is 1. The number of nitrogens with zero attached hydrogens (tertiary/aromatic N) is 2. The van der Waals surface area contributed by atoms with Crippen LogP contribution in [0.25, 0.3) is 0 Å². The maximum absolute atomic E-state index is 12.1. The van der Waals surface area contributed by atoms with Crippen LogP contribution in [-0.4, -0.2) is 62.5 Å². The topological polar surface area (TPSA) is 76.8 Å². The monoisotopic (exact) mass is 337 g/mol. The summed E-state index contributed by atoms with van der Waals surface area (Å²) in [5.41, 5.74) is 0.973. The Balaban J connectivity index is 1.52. The standard InChI is InChI=1S/C17H27N3O4/c1-12-5-15(19-24-12)8-20-7-14-11-23-10-13(16(14)9-20)6-17(21)18-3-4-22-2/h5,13-14,16H,3-4,6-11H2,1-2H3,(H,18,21)/t13-,14-,16+/m0/s1. The summed E-state index contributed by atoms with van der Waals surface area (Å²) < 4.78 is 15.9. The molecule has 0 unspecified atom stereocenters. The van der Waals surface area contributed by atoms with Crippen LogP contribution in [0.15, 0.2) is 10.6 Å². The van der Waals surface area contributed by atoms with Gasteiger partial charge in [-0.2, -0.15) is 0 Å². The molecule has 0 aliphatic carbocycles. The SMILES string of the molecule is COCCNC(=O)C[C@H]1COC[C@@H]2CN(Cc3cc(C)on3)C[C@H]12. The fraction of sp³-hybridized carbons (Fsp3) is 0.765. The van der Waals surface area contributed by atoms with Crippen molar-refractivity contribution in [2.45, 2.75) is 19.9 Å². The van der Waals surface area contributed by atoms with Crippen LogP contribution >= 0.6 is 0 Å². The number of rotatable bonds is 7. The molecule has 2 fully saturated rings. The lowest BCUT2D eigenvalue weighted by molar-refractivity contribution is -0.124. The number of nitrogens with one attached hydrogen (secondary N) is 1. The predicted molar refractivity (Wildman–Crippen MR) is 87.3 cm³/mol. The van der Waals surface area contributed by atoms with E-state index in [0.29, 0.717) is 38.0 Å². The lowest BCUT2D eigenvalue weighted by atomic mass is 9.81. The molecule has 24 heavy (non-hydrogen) atoms. The second-order valence-corrected chi connectivity index (χ2v) is 6.89. The number of hydrogen-bond acceptors (Lipinski definition) is 6. The zero-order chi connectivity index (χ0) is 16.9. The normalized spacial score (nSPS) is 27.2. The molecule has 0 aromatic carbocycles. The summed E-state index contributed by atoms with van der Waals surface area (Å²) in [5.74, 6) is 2.24. The van der Waals surface area contributed by atoms with Crippen molar-refractivity contribution in [3.8, 4) is 0 Å². The van der Waals surface area contributed by atoms with Gasteiger partial charge in [-0.05, 0) is 24.7 Å². The summed E-state index contributed by atoms with van der Waals surface area (Å²) in [5, 5.41) is 6.99. The Morgan fingerprint density at radius 1 is 1.46 bits per heavy atom. The van der Waals surface area contributed by atoms with E-state index in [1.165, 1.54) is 0 Å². The maximum Gasteiger partial charge on any atom is 0.220 e. The van der Waals surface area contributed by atoms with Crippen molar-refractivity contribution in [3.05, 3.63) is 17.5 Å². The molecule has 7 heteroatoms. The number of fused-ring (bicyclic) bond motifs is 1. The van der Waals surface area contributed by atoms with Crippen molar-refractivity contribution in [2.24, 2.45) is 17.8 Å². The number of amides is 1. The molecular weight excluding hydrogens is 310 g/mol. The number of carbonyl (C=O) groups is 1. The fourth-order valence-corrected chi connectivity index (χ4v) is 3.86. The van der Waals surface area contributed by atoms with Crippen molar-refractivity contribution < 1.29 is 18.8 Å². The molecule has 134 valence electrons. The fourth-order valence-electron chi connectivity index (χ4n) is 3.86. The predicted octanol–water partition coefficient (Wildman–Crippen LogP) is 0.830. The highest BCUT2D eigenvalue weighted by Crippen LogP contribution is 2.36. The van der Waals surface area contributed by atoms with Crippen LogP contribution in [0.1, 0.15) is 17.9 Å². The van der Waals surface area contributed by atoms with E-state index < -0.39 is 0 Å². The number of aromatic nitrogens is 1. The van der Waals surface area contributed by atoms with Gasteiger partial charge in [0.15, 0.2) is 0 Å². The van der Waals surface area contributed by atoms with Crippen LogP contribution in [0.4, 0.5) is 0 Å². The first-order chi connectivity index (χ1) is 11.7. The molecule has 0 spiro atoms. The first kappa shape index (κ1) is 17.4. The Morgan fingerprint density at radius 2 is 2.33 bits per heavy atom. The molecule has 1 aromatic rings. The second-order valence-electron chi connectivity index (χ2n) is 6.89. The Hall–Kier alpha value is -1.44. The van der Waals surface area contributed by atoms with Gasteiger partial charge < -0.3 is 19.3 Å². The molecule has 7 nitrogen and oxygen atoms in total. The second kappa shape index (κ2) is 8.09. The highest BCUT2D eigenvalue weighted by molar-refractivity contribution is 5.76. The maximum atomic E-state index is 12.1. The minimum Gasteiger partial charge on any atom is -0.383 e.